The first kappa shape index (κ1) is 18.4. The highest BCUT2D eigenvalue weighted by Gasteiger charge is 2.47. The van der Waals surface area contributed by atoms with Gasteiger partial charge in [-0.2, -0.15) is 0 Å². The first-order chi connectivity index (χ1) is 12.0. The van der Waals surface area contributed by atoms with Crippen LogP contribution < -0.4 is 27.5 Å². The maximum atomic E-state index is 13.3. The number of piperidine rings is 1. The molecule has 0 aliphatic carbocycles. The van der Waals surface area contributed by atoms with Crippen molar-refractivity contribution in [2.75, 3.05) is 5.73 Å². The summed E-state index contributed by atoms with van der Waals surface area (Å²) in [6.45, 7) is 1.69. The second kappa shape index (κ2) is 5.82. The molecule has 128 valence electrons. The number of carbonyl (C=O) groups is 2. The molecule has 12 heteroatoms. The average Bonchev–Trinajstić information content (AvgIpc) is 2.54. The van der Waals surface area contributed by atoms with E-state index in [4.69, 9.17) is 5.73 Å². The van der Waals surface area contributed by atoms with Crippen LogP contribution in [0.4, 0.5) is 5.69 Å². The Morgan fingerprint density at radius 3 is 2.50 bits per heavy atom. The maximum absolute atomic E-state index is 13.3. The normalized spacial score (nSPS) is 22.3. The summed E-state index contributed by atoms with van der Waals surface area (Å²) < 4.78 is 1.38. The zero-order valence-corrected chi connectivity index (χ0v) is 15.9. The predicted molar refractivity (Wildman–Crippen MR) is 116 cm³/mol. The molecule has 1 aromatic heterocycles. The molecular formula is C14H19B5N4O3. The van der Waals surface area contributed by atoms with E-state index in [1.807, 2.05) is 21.8 Å². The number of imide groups is 1. The molecule has 0 radical (unpaired) electrons. The molecular weight excluding hydrogens is 326 g/mol. The molecule has 0 bridgehead atoms. The number of aromatic nitrogens is 2. The number of nitrogen functional groups attached to an aromatic ring is 1. The number of hydrogen-bond acceptors (Lipinski definition) is 5. The minimum Gasteiger partial charge on any atom is -0.398 e. The third-order valence-corrected chi connectivity index (χ3v) is 5.92. The number of nitrogens with two attached hydrogens (primary N) is 1. The summed E-state index contributed by atoms with van der Waals surface area (Å²) in [5.41, 5.74) is 8.52. The number of hydrogen-bond donors (Lipinski definition) is 2. The van der Waals surface area contributed by atoms with Gasteiger partial charge in [0.1, 0.15) is 51.1 Å². The molecule has 1 aromatic carbocycles. The van der Waals surface area contributed by atoms with Gasteiger partial charge in [-0.1, -0.05) is 10.9 Å². The van der Waals surface area contributed by atoms with Gasteiger partial charge in [0.15, 0.2) is 0 Å². The number of aryl methyl sites for hydroxylation is 1. The van der Waals surface area contributed by atoms with Crippen LogP contribution in [0.2, 0.25) is 11.0 Å². The summed E-state index contributed by atoms with van der Waals surface area (Å²) in [4.78, 5) is 42.6. The van der Waals surface area contributed by atoms with E-state index in [1.165, 1.54) is 4.57 Å². The quantitative estimate of drug-likeness (QED) is 0.304. The van der Waals surface area contributed by atoms with Crippen molar-refractivity contribution in [1.29, 1.82) is 0 Å². The SMILES string of the molecule is Bc1cc2nc(C)n(C3C(=O)NC(=O)C(B)(B)C3B)c(=O)c2c(N)c1B. The van der Waals surface area contributed by atoms with Gasteiger partial charge < -0.3 is 5.73 Å². The number of fused-ring (bicyclic) bond motifs is 1. The Balaban J connectivity index is 2.34. The Bertz CT molecular complexity index is 1040. The van der Waals surface area contributed by atoms with E-state index in [9.17, 15) is 14.4 Å². The summed E-state index contributed by atoms with van der Waals surface area (Å²) in [7, 11) is 9.11. The molecule has 7 nitrogen and oxygen atoms in total. The number of anilines is 1. The van der Waals surface area contributed by atoms with E-state index in [2.05, 4.69) is 10.3 Å². The second-order valence-electron chi connectivity index (χ2n) is 7.73. The number of nitrogens with one attached hydrogen (secondary N) is 1. The number of benzene rings is 1. The van der Waals surface area contributed by atoms with Crippen molar-refractivity contribution in [2.45, 2.75) is 24.0 Å². The van der Waals surface area contributed by atoms with Crippen molar-refractivity contribution in [3.8, 4) is 0 Å². The van der Waals surface area contributed by atoms with Gasteiger partial charge in [-0.3, -0.25) is 24.3 Å². The van der Waals surface area contributed by atoms with Crippen molar-refractivity contribution >= 4 is 78.6 Å². The fraction of sp³-hybridized carbons (Fsp3) is 0.286. The van der Waals surface area contributed by atoms with Gasteiger partial charge in [0, 0.05) is 5.69 Å². The number of nitrogens with zero attached hydrogens (tertiary/aromatic N) is 2. The number of carbonyl (C=O) groups excluding carboxylic acids is 2. The van der Waals surface area contributed by atoms with Gasteiger partial charge in [0.2, 0.25) is 11.8 Å². The molecule has 2 unspecified atom stereocenters. The summed E-state index contributed by atoms with van der Waals surface area (Å²) in [6, 6.07) is 1.01. The average molecular weight is 345 g/mol. The molecule has 1 aliphatic heterocycles. The number of amides is 2. The van der Waals surface area contributed by atoms with Gasteiger partial charge in [0.05, 0.1) is 10.9 Å². The van der Waals surface area contributed by atoms with Crippen molar-refractivity contribution in [2.24, 2.45) is 0 Å². The lowest BCUT2D eigenvalue weighted by atomic mass is 9.40. The molecule has 1 aliphatic rings. The fourth-order valence-electron chi connectivity index (χ4n) is 3.58. The van der Waals surface area contributed by atoms with Crippen LogP contribution in [0.15, 0.2) is 10.9 Å². The molecule has 0 saturated carbocycles. The van der Waals surface area contributed by atoms with E-state index >= 15 is 0 Å². The largest absolute Gasteiger partial charge is 0.398 e. The smallest absolute Gasteiger partial charge is 0.264 e. The Morgan fingerprint density at radius 2 is 1.88 bits per heavy atom. The van der Waals surface area contributed by atoms with Crippen LogP contribution in [0, 0.1) is 6.92 Å². The molecule has 3 N–H and O–H groups in total. The van der Waals surface area contributed by atoms with Crippen molar-refractivity contribution in [3.63, 3.8) is 0 Å². The van der Waals surface area contributed by atoms with Crippen molar-refractivity contribution < 1.29 is 9.59 Å². The van der Waals surface area contributed by atoms with E-state index in [-0.39, 0.29) is 17.3 Å². The molecule has 2 heterocycles. The molecule has 1 fully saturated rings. The predicted octanol–water partition coefficient (Wildman–Crippen LogP) is -6.19. The molecule has 2 atom stereocenters. The molecule has 0 spiro atoms. The zero-order valence-electron chi connectivity index (χ0n) is 15.9. The Labute approximate surface area is 155 Å². The van der Waals surface area contributed by atoms with Crippen LogP contribution in [0.25, 0.3) is 10.9 Å². The van der Waals surface area contributed by atoms with Crippen LogP contribution in [0.3, 0.4) is 0 Å². The summed E-state index contributed by atoms with van der Waals surface area (Å²) in [5.74, 6) is -0.790. The van der Waals surface area contributed by atoms with Gasteiger partial charge in [0.25, 0.3) is 5.56 Å². The van der Waals surface area contributed by atoms with Gasteiger partial charge in [-0.15, -0.1) is 0 Å². The standard InChI is InChI=1S/C14H19B5N4O3/c1-3-21-5-2-4(15)7(16)8(20)6(5)12(25)23(3)9-10(17)14(18,19)13(26)22-11(9)24/h2,9-10H,15-20H2,1H3,(H,22,24,26). The third-order valence-electron chi connectivity index (χ3n) is 5.92. The lowest BCUT2D eigenvalue weighted by Crippen LogP contribution is -2.55. The molecule has 3 rings (SSSR count). The summed E-state index contributed by atoms with van der Waals surface area (Å²) in [6.07, 6.45) is 0. The van der Waals surface area contributed by atoms with Crippen LogP contribution in [0.1, 0.15) is 11.9 Å². The van der Waals surface area contributed by atoms with Gasteiger partial charge in [-0.25, -0.2) is 4.98 Å². The Morgan fingerprint density at radius 1 is 1.27 bits per heavy atom. The fourth-order valence-corrected chi connectivity index (χ4v) is 3.58. The summed E-state index contributed by atoms with van der Waals surface area (Å²) in [5, 5.41) is 1.91. The summed E-state index contributed by atoms with van der Waals surface area (Å²) >= 11 is 0. The van der Waals surface area contributed by atoms with E-state index in [0.717, 1.165) is 10.9 Å². The lowest BCUT2D eigenvalue weighted by molar-refractivity contribution is -0.136. The number of rotatable bonds is 1. The molecule has 1 saturated heterocycles. The molecule has 2 amide bonds. The Kier molecular flexibility index (Phi) is 4.12. The van der Waals surface area contributed by atoms with E-state index in [0.29, 0.717) is 22.4 Å². The third kappa shape index (κ3) is 2.42. The first-order valence-electron chi connectivity index (χ1n) is 8.62. The van der Waals surface area contributed by atoms with Crippen LogP contribution >= 0.6 is 0 Å². The van der Waals surface area contributed by atoms with Crippen molar-refractivity contribution in [1.82, 2.24) is 14.9 Å². The van der Waals surface area contributed by atoms with E-state index < -0.39 is 17.2 Å². The van der Waals surface area contributed by atoms with Gasteiger partial charge >= 0.3 is 0 Å². The molecule has 2 aromatic rings. The monoisotopic (exact) mass is 346 g/mol. The zero-order chi connectivity index (χ0) is 19.5. The highest BCUT2D eigenvalue weighted by molar-refractivity contribution is 6.56. The van der Waals surface area contributed by atoms with Crippen LogP contribution in [0.5, 0.6) is 0 Å². The second-order valence-corrected chi connectivity index (χ2v) is 7.73. The van der Waals surface area contributed by atoms with Crippen LogP contribution in [-0.4, -0.2) is 60.6 Å². The minimum atomic E-state index is -0.826. The van der Waals surface area contributed by atoms with Gasteiger partial charge in [-0.05, 0) is 24.0 Å². The maximum Gasteiger partial charge on any atom is 0.264 e. The highest BCUT2D eigenvalue weighted by Crippen LogP contribution is 2.42. The van der Waals surface area contributed by atoms with Crippen molar-refractivity contribution in [3.05, 3.63) is 22.2 Å². The minimum absolute atomic E-state index is 0.313. The first-order valence-corrected chi connectivity index (χ1v) is 8.62. The highest BCUT2D eigenvalue weighted by atomic mass is 16.2. The Hall–Kier alpha value is -2.38. The lowest BCUT2D eigenvalue weighted by Gasteiger charge is -2.41. The van der Waals surface area contributed by atoms with Crippen LogP contribution in [-0.2, 0) is 9.59 Å². The van der Waals surface area contributed by atoms with E-state index in [1.54, 1.807) is 30.5 Å². The topological polar surface area (TPSA) is 107 Å². The molecule has 26 heavy (non-hydrogen) atoms.